The van der Waals surface area contributed by atoms with Crippen molar-refractivity contribution < 1.29 is 37.4 Å². The van der Waals surface area contributed by atoms with Crippen molar-refractivity contribution in [2.45, 2.75) is 83.5 Å². The van der Waals surface area contributed by atoms with Gasteiger partial charge in [-0.25, -0.2) is 4.79 Å². The number of alkyl halides is 3. The minimum absolute atomic E-state index is 0.0345. The number of halogens is 3. The quantitative estimate of drug-likeness (QED) is 0.236. The Morgan fingerprint density at radius 3 is 2.34 bits per heavy atom. The fourth-order valence-corrected chi connectivity index (χ4v) is 3.99. The van der Waals surface area contributed by atoms with E-state index < -0.39 is 24.2 Å². The number of carboxylic acid groups (broad SMARTS) is 1. The normalized spacial score (nSPS) is 15.2. The fraction of sp³-hybridized carbons (Fsp3) is 0.667. The maximum atomic E-state index is 12.1. The molecule has 0 radical (unpaired) electrons. The van der Waals surface area contributed by atoms with E-state index in [1.165, 1.54) is 18.4 Å². The molecule has 38 heavy (non-hydrogen) atoms. The third-order valence-corrected chi connectivity index (χ3v) is 6.30. The number of carboxylic acids is 1. The van der Waals surface area contributed by atoms with Crippen molar-refractivity contribution >= 4 is 17.8 Å². The number of likely N-dealkylation sites (tertiary alicyclic amines) is 1. The number of carbonyl (C=O) groups is 3. The molecule has 1 aromatic carbocycles. The zero-order valence-electron chi connectivity index (χ0n) is 22.2. The van der Waals surface area contributed by atoms with Crippen LogP contribution in [0.5, 0.6) is 0 Å². The molecule has 1 heterocycles. The van der Waals surface area contributed by atoms with Crippen molar-refractivity contribution in [2.75, 3.05) is 26.2 Å². The van der Waals surface area contributed by atoms with Crippen molar-refractivity contribution in [3.05, 3.63) is 35.9 Å². The number of piperidine rings is 1. The number of unbranched alkanes of at least 4 members (excludes halogenated alkanes) is 3. The Kier molecular flexibility index (Phi) is 16.3. The van der Waals surface area contributed by atoms with E-state index in [2.05, 4.69) is 47.5 Å². The molecule has 0 bridgehead atoms. The lowest BCUT2D eigenvalue weighted by Gasteiger charge is -2.32. The monoisotopic (exact) mass is 545 g/mol. The molecule has 1 fully saturated rings. The maximum Gasteiger partial charge on any atom is 0.490 e. The van der Waals surface area contributed by atoms with Gasteiger partial charge in [0.2, 0.25) is 5.91 Å². The molecule has 0 aliphatic carbocycles. The van der Waals surface area contributed by atoms with Crippen molar-refractivity contribution in [3.8, 4) is 0 Å². The third-order valence-electron chi connectivity index (χ3n) is 6.30. The number of nitrogens with two attached hydrogens (primary N) is 1. The Bertz CT molecular complexity index is 816. The van der Waals surface area contributed by atoms with Gasteiger partial charge in [0, 0.05) is 19.5 Å². The summed E-state index contributed by atoms with van der Waals surface area (Å²) >= 11 is 0. The Morgan fingerprint density at radius 2 is 1.76 bits per heavy atom. The van der Waals surface area contributed by atoms with Crippen LogP contribution < -0.4 is 11.1 Å². The summed E-state index contributed by atoms with van der Waals surface area (Å²) in [4.78, 5) is 35.3. The lowest BCUT2D eigenvalue weighted by Crippen LogP contribution is -2.36. The number of aliphatic carboxylic acids is 1. The highest BCUT2D eigenvalue weighted by molar-refractivity contribution is 5.79. The van der Waals surface area contributed by atoms with Gasteiger partial charge in [0.1, 0.15) is 6.04 Å². The van der Waals surface area contributed by atoms with E-state index in [0.29, 0.717) is 25.5 Å². The molecule has 0 unspecified atom stereocenters. The number of esters is 1. The molecule has 1 aliphatic heterocycles. The van der Waals surface area contributed by atoms with Gasteiger partial charge >= 0.3 is 18.1 Å². The zero-order chi connectivity index (χ0) is 28.4. The first-order valence-corrected chi connectivity index (χ1v) is 13.3. The molecule has 0 saturated carbocycles. The highest BCUT2D eigenvalue weighted by Gasteiger charge is 2.38. The van der Waals surface area contributed by atoms with Gasteiger partial charge in [-0.15, -0.1) is 0 Å². The average Bonchev–Trinajstić information content (AvgIpc) is 2.88. The molecule has 11 heteroatoms. The fourth-order valence-electron chi connectivity index (χ4n) is 3.99. The summed E-state index contributed by atoms with van der Waals surface area (Å²) in [5.74, 6) is -2.52. The average molecular weight is 546 g/mol. The van der Waals surface area contributed by atoms with E-state index in [9.17, 15) is 22.8 Å². The van der Waals surface area contributed by atoms with Gasteiger partial charge in [0.05, 0.1) is 6.61 Å². The van der Waals surface area contributed by atoms with E-state index in [4.69, 9.17) is 20.4 Å². The van der Waals surface area contributed by atoms with Crippen LogP contribution in [0.2, 0.25) is 0 Å². The molecular weight excluding hydrogens is 503 g/mol. The summed E-state index contributed by atoms with van der Waals surface area (Å²) < 4.78 is 36.9. The molecule has 4 N–H and O–H groups in total. The van der Waals surface area contributed by atoms with Gasteiger partial charge in [-0.3, -0.25) is 14.5 Å². The SMILES string of the molecule is CCCCCCOC(=O)[C@@H](N)CCC(=O)NCCC1CCN(Cc2ccccc2)CC1.O=C(O)C(F)(F)F. The predicted molar refractivity (Wildman–Crippen MR) is 138 cm³/mol. The molecule has 1 aliphatic rings. The number of benzene rings is 1. The summed E-state index contributed by atoms with van der Waals surface area (Å²) in [7, 11) is 0. The number of rotatable bonds is 14. The number of nitrogens with one attached hydrogen (secondary N) is 1. The molecule has 1 atom stereocenters. The van der Waals surface area contributed by atoms with Gasteiger partial charge in [-0.1, -0.05) is 56.5 Å². The van der Waals surface area contributed by atoms with Crippen molar-refractivity contribution in [1.82, 2.24) is 10.2 Å². The van der Waals surface area contributed by atoms with Gasteiger partial charge in [0.15, 0.2) is 0 Å². The first-order valence-electron chi connectivity index (χ1n) is 13.3. The third kappa shape index (κ3) is 15.6. The zero-order valence-corrected chi connectivity index (χ0v) is 22.2. The van der Waals surface area contributed by atoms with Crippen LogP contribution in [0, 0.1) is 5.92 Å². The number of carbonyl (C=O) groups excluding carboxylic acids is 2. The summed E-state index contributed by atoms with van der Waals surface area (Å²) in [6, 6.07) is 9.89. The summed E-state index contributed by atoms with van der Waals surface area (Å²) in [6.45, 7) is 6.50. The van der Waals surface area contributed by atoms with Gasteiger partial charge in [-0.05, 0) is 56.7 Å². The topological polar surface area (TPSA) is 122 Å². The van der Waals surface area contributed by atoms with E-state index >= 15 is 0 Å². The molecule has 0 aromatic heterocycles. The molecule has 2 rings (SSSR count). The molecular formula is C27H42F3N3O5. The first-order chi connectivity index (χ1) is 18.0. The van der Waals surface area contributed by atoms with Crippen LogP contribution in [0.1, 0.15) is 70.3 Å². The molecule has 1 aromatic rings. The predicted octanol–water partition coefficient (Wildman–Crippen LogP) is 4.27. The lowest BCUT2D eigenvalue weighted by atomic mass is 9.93. The lowest BCUT2D eigenvalue weighted by molar-refractivity contribution is -0.192. The molecule has 216 valence electrons. The highest BCUT2D eigenvalue weighted by Crippen LogP contribution is 2.21. The Hall–Kier alpha value is -2.66. The van der Waals surface area contributed by atoms with Gasteiger partial charge in [-0.2, -0.15) is 13.2 Å². The van der Waals surface area contributed by atoms with Crippen LogP contribution in [0.4, 0.5) is 13.2 Å². The molecule has 1 amide bonds. The van der Waals surface area contributed by atoms with E-state index in [1.54, 1.807) is 0 Å². The van der Waals surface area contributed by atoms with Crippen molar-refractivity contribution in [2.24, 2.45) is 11.7 Å². The van der Waals surface area contributed by atoms with Crippen LogP contribution in [0.25, 0.3) is 0 Å². The second-order valence-electron chi connectivity index (χ2n) is 9.52. The van der Waals surface area contributed by atoms with Crippen LogP contribution in [-0.2, 0) is 25.7 Å². The highest BCUT2D eigenvalue weighted by atomic mass is 19.4. The molecule has 8 nitrogen and oxygen atoms in total. The summed E-state index contributed by atoms with van der Waals surface area (Å²) in [5, 5.41) is 10.1. The van der Waals surface area contributed by atoms with Crippen LogP contribution >= 0.6 is 0 Å². The second kappa shape index (κ2) is 18.6. The number of amides is 1. The van der Waals surface area contributed by atoms with E-state index in [1.807, 2.05) is 0 Å². The number of hydrogen-bond acceptors (Lipinski definition) is 6. The van der Waals surface area contributed by atoms with Crippen molar-refractivity contribution in [3.63, 3.8) is 0 Å². The number of ether oxygens (including phenoxy) is 1. The van der Waals surface area contributed by atoms with E-state index in [-0.39, 0.29) is 12.3 Å². The number of nitrogens with zero attached hydrogens (tertiary/aromatic N) is 1. The summed E-state index contributed by atoms with van der Waals surface area (Å²) in [6.07, 6.45) is 3.11. The van der Waals surface area contributed by atoms with Gasteiger partial charge in [0.25, 0.3) is 0 Å². The minimum Gasteiger partial charge on any atom is -0.475 e. The largest absolute Gasteiger partial charge is 0.490 e. The first kappa shape index (κ1) is 33.4. The second-order valence-corrected chi connectivity index (χ2v) is 9.52. The minimum atomic E-state index is -5.08. The summed E-state index contributed by atoms with van der Waals surface area (Å²) in [5.41, 5.74) is 7.23. The Morgan fingerprint density at radius 1 is 1.13 bits per heavy atom. The maximum absolute atomic E-state index is 12.1. The van der Waals surface area contributed by atoms with Gasteiger partial charge < -0.3 is 20.9 Å². The van der Waals surface area contributed by atoms with Crippen LogP contribution in [0.3, 0.4) is 0 Å². The molecule has 1 saturated heterocycles. The Balaban J connectivity index is 0.000000905. The number of hydrogen-bond donors (Lipinski definition) is 3. The molecule has 0 spiro atoms. The standard InChI is InChI=1S/C25H41N3O3.C2HF3O2/c1-2-3-4-8-19-31-25(30)23(26)11-12-24(29)27-16-13-21-14-17-28(18-15-21)20-22-9-6-5-7-10-22;3-2(4,5)1(6)7/h5-7,9-10,21,23H,2-4,8,11-20,26H2,1H3,(H,27,29);(H,6,7)/t23-;/m0./s1. The van der Waals surface area contributed by atoms with Crippen LogP contribution in [-0.4, -0.2) is 66.3 Å². The van der Waals surface area contributed by atoms with E-state index in [0.717, 1.165) is 51.7 Å². The smallest absolute Gasteiger partial charge is 0.475 e. The Labute approximate surface area is 223 Å². The van der Waals surface area contributed by atoms with Crippen LogP contribution in [0.15, 0.2) is 30.3 Å². The van der Waals surface area contributed by atoms with Crippen molar-refractivity contribution in [1.29, 1.82) is 0 Å².